The van der Waals surface area contributed by atoms with Gasteiger partial charge in [0.05, 0.1) is 5.69 Å². The highest BCUT2D eigenvalue weighted by molar-refractivity contribution is 5.95. The Balaban J connectivity index is 1.93. The molecule has 0 aliphatic heterocycles. The van der Waals surface area contributed by atoms with Gasteiger partial charge in [-0.2, -0.15) is 0 Å². The fourth-order valence-corrected chi connectivity index (χ4v) is 2.55. The molecular weight excluding hydrogens is 290 g/mol. The average molecular weight is 315 g/mol. The van der Waals surface area contributed by atoms with Crippen LogP contribution in [0.2, 0.25) is 0 Å². The molecule has 0 radical (unpaired) electrons. The van der Waals surface area contributed by atoms with Crippen LogP contribution in [0.3, 0.4) is 0 Å². The molecule has 0 atom stereocenters. The lowest BCUT2D eigenvalue weighted by molar-refractivity contribution is 0.0949. The summed E-state index contributed by atoms with van der Waals surface area (Å²) in [6.07, 6.45) is 0. The first-order valence-corrected chi connectivity index (χ1v) is 8.06. The molecule has 0 saturated carbocycles. The third kappa shape index (κ3) is 4.42. The molecule has 5 nitrogen and oxygen atoms in total. The number of hydrogen-bond donors (Lipinski definition) is 1. The molecule has 2 aromatic rings. The average Bonchev–Trinajstić information content (AvgIpc) is 2.90. The normalized spacial score (nSPS) is 11.0. The molecule has 0 aliphatic carbocycles. The standard InChI is InChI=1S/C18H25N3O2/c1-5-21(6-2)12-16-9-7-15(8-10-16)11-19-18(22)17-13(3)20-23-14(17)4/h7-10H,5-6,11-12H2,1-4H3,(H,19,22). The minimum absolute atomic E-state index is 0.145. The van der Waals surface area contributed by atoms with Gasteiger partial charge in [0.1, 0.15) is 11.3 Å². The van der Waals surface area contributed by atoms with Crippen molar-refractivity contribution >= 4 is 5.91 Å². The molecule has 1 aromatic carbocycles. The fraction of sp³-hybridized carbons (Fsp3) is 0.444. The Morgan fingerprint density at radius 1 is 1.13 bits per heavy atom. The summed E-state index contributed by atoms with van der Waals surface area (Å²) in [5.41, 5.74) is 3.51. The number of nitrogens with zero attached hydrogens (tertiary/aromatic N) is 2. The summed E-state index contributed by atoms with van der Waals surface area (Å²) in [6, 6.07) is 8.37. The van der Waals surface area contributed by atoms with Crippen molar-refractivity contribution in [2.45, 2.75) is 40.8 Å². The minimum Gasteiger partial charge on any atom is -0.361 e. The van der Waals surface area contributed by atoms with Crippen LogP contribution in [0.4, 0.5) is 0 Å². The van der Waals surface area contributed by atoms with Crippen molar-refractivity contribution in [2.24, 2.45) is 0 Å². The Kier molecular flexibility index (Phi) is 5.93. The molecule has 0 aliphatic rings. The molecule has 0 saturated heterocycles. The van der Waals surface area contributed by atoms with E-state index in [0.717, 1.165) is 25.2 Å². The molecule has 0 bridgehead atoms. The maximum atomic E-state index is 12.2. The van der Waals surface area contributed by atoms with Crippen LogP contribution >= 0.6 is 0 Å². The number of aryl methyl sites for hydroxylation is 2. The van der Waals surface area contributed by atoms with Gasteiger partial charge in [-0.3, -0.25) is 9.69 Å². The second kappa shape index (κ2) is 7.92. The number of hydrogen-bond acceptors (Lipinski definition) is 4. The van der Waals surface area contributed by atoms with Gasteiger partial charge >= 0.3 is 0 Å². The Bertz CT molecular complexity index is 623. The lowest BCUT2D eigenvalue weighted by Gasteiger charge is -2.18. The van der Waals surface area contributed by atoms with Crippen LogP contribution in [0.5, 0.6) is 0 Å². The number of aromatic nitrogens is 1. The van der Waals surface area contributed by atoms with Crippen molar-refractivity contribution < 1.29 is 9.32 Å². The fourth-order valence-electron chi connectivity index (χ4n) is 2.55. The highest BCUT2D eigenvalue weighted by atomic mass is 16.5. The molecule has 124 valence electrons. The predicted molar refractivity (Wildman–Crippen MR) is 90.2 cm³/mol. The summed E-state index contributed by atoms with van der Waals surface area (Å²) >= 11 is 0. The quantitative estimate of drug-likeness (QED) is 0.853. The van der Waals surface area contributed by atoms with E-state index in [-0.39, 0.29) is 5.91 Å². The van der Waals surface area contributed by atoms with Crippen LogP contribution in [-0.4, -0.2) is 29.1 Å². The van der Waals surface area contributed by atoms with Crippen LogP contribution < -0.4 is 5.32 Å². The number of carbonyl (C=O) groups excluding carboxylic acids is 1. The maximum absolute atomic E-state index is 12.2. The second-order valence-electron chi connectivity index (χ2n) is 5.66. The largest absolute Gasteiger partial charge is 0.361 e. The first-order valence-electron chi connectivity index (χ1n) is 8.06. The molecule has 1 heterocycles. The van der Waals surface area contributed by atoms with E-state index < -0.39 is 0 Å². The van der Waals surface area contributed by atoms with Crippen molar-refractivity contribution in [1.82, 2.24) is 15.4 Å². The summed E-state index contributed by atoms with van der Waals surface area (Å²) < 4.78 is 5.03. The van der Waals surface area contributed by atoms with E-state index in [4.69, 9.17) is 4.52 Å². The van der Waals surface area contributed by atoms with Crippen molar-refractivity contribution in [3.63, 3.8) is 0 Å². The summed E-state index contributed by atoms with van der Waals surface area (Å²) in [5, 5.41) is 6.72. The van der Waals surface area contributed by atoms with Crippen LogP contribution in [-0.2, 0) is 13.1 Å². The Labute approximate surface area is 137 Å². The molecular formula is C18H25N3O2. The zero-order chi connectivity index (χ0) is 16.8. The van der Waals surface area contributed by atoms with E-state index >= 15 is 0 Å². The predicted octanol–water partition coefficient (Wildman–Crippen LogP) is 3.06. The molecule has 1 aromatic heterocycles. The van der Waals surface area contributed by atoms with Crippen LogP contribution in [0.15, 0.2) is 28.8 Å². The Morgan fingerprint density at radius 2 is 1.74 bits per heavy atom. The lowest BCUT2D eigenvalue weighted by Crippen LogP contribution is -2.24. The molecule has 1 amide bonds. The van der Waals surface area contributed by atoms with Crippen LogP contribution in [0.1, 0.15) is 46.8 Å². The summed E-state index contributed by atoms with van der Waals surface area (Å²) in [7, 11) is 0. The number of rotatable bonds is 7. The molecule has 0 spiro atoms. The topological polar surface area (TPSA) is 58.4 Å². The van der Waals surface area contributed by atoms with Gasteiger partial charge in [-0.05, 0) is 38.1 Å². The zero-order valence-electron chi connectivity index (χ0n) is 14.3. The smallest absolute Gasteiger partial charge is 0.257 e. The SMILES string of the molecule is CCN(CC)Cc1ccc(CNC(=O)c2c(C)noc2C)cc1. The van der Waals surface area contributed by atoms with Crippen molar-refractivity contribution in [2.75, 3.05) is 13.1 Å². The minimum atomic E-state index is -0.145. The summed E-state index contributed by atoms with van der Waals surface area (Å²) in [4.78, 5) is 14.6. The number of amides is 1. The Hall–Kier alpha value is -2.14. The van der Waals surface area contributed by atoms with Gasteiger partial charge in [0, 0.05) is 13.1 Å². The van der Waals surface area contributed by atoms with Crippen LogP contribution in [0, 0.1) is 13.8 Å². The molecule has 23 heavy (non-hydrogen) atoms. The van der Waals surface area contributed by atoms with Gasteiger partial charge < -0.3 is 9.84 Å². The second-order valence-corrected chi connectivity index (χ2v) is 5.66. The highest BCUT2D eigenvalue weighted by Gasteiger charge is 2.16. The van der Waals surface area contributed by atoms with Gasteiger partial charge in [-0.25, -0.2) is 0 Å². The van der Waals surface area contributed by atoms with E-state index in [1.807, 2.05) is 0 Å². The van der Waals surface area contributed by atoms with Gasteiger partial charge in [0.15, 0.2) is 0 Å². The van der Waals surface area contributed by atoms with Gasteiger partial charge in [-0.1, -0.05) is 43.3 Å². The van der Waals surface area contributed by atoms with Crippen LogP contribution in [0.25, 0.3) is 0 Å². The third-order valence-electron chi connectivity index (χ3n) is 4.04. The highest BCUT2D eigenvalue weighted by Crippen LogP contribution is 2.12. The monoisotopic (exact) mass is 315 g/mol. The van der Waals surface area contributed by atoms with Gasteiger partial charge in [0.2, 0.25) is 0 Å². The lowest BCUT2D eigenvalue weighted by atomic mass is 10.1. The maximum Gasteiger partial charge on any atom is 0.257 e. The molecule has 5 heteroatoms. The van der Waals surface area contributed by atoms with Gasteiger partial charge in [0.25, 0.3) is 5.91 Å². The summed E-state index contributed by atoms with van der Waals surface area (Å²) in [6.45, 7) is 11.4. The summed E-state index contributed by atoms with van der Waals surface area (Å²) in [5.74, 6) is 0.406. The van der Waals surface area contributed by atoms with E-state index in [1.54, 1.807) is 13.8 Å². The first kappa shape index (κ1) is 17.2. The Morgan fingerprint density at radius 3 is 2.26 bits per heavy atom. The number of benzene rings is 1. The molecule has 0 fully saturated rings. The van der Waals surface area contributed by atoms with Crippen molar-refractivity contribution in [3.8, 4) is 0 Å². The molecule has 0 unspecified atom stereocenters. The van der Waals surface area contributed by atoms with E-state index in [1.165, 1.54) is 5.56 Å². The van der Waals surface area contributed by atoms with Gasteiger partial charge in [-0.15, -0.1) is 0 Å². The number of carbonyl (C=O) groups is 1. The van der Waals surface area contributed by atoms with Crippen molar-refractivity contribution in [3.05, 3.63) is 52.4 Å². The molecule has 2 rings (SSSR count). The first-order chi connectivity index (χ1) is 11.0. The third-order valence-corrected chi connectivity index (χ3v) is 4.04. The zero-order valence-corrected chi connectivity index (χ0v) is 14.3. The van der Waals surface area contributed by atoms with Crippen molar-refractivity contribution in [1.29, 1.82) is 0 Å². The number of nitrogens with one attached hydrogen (secondary N) is 1. The van der Waals surface area contributed by atoms with E-state index in [2.05, 4.69) is 53.5 Å². The van der Waals surface area contributed by atoms with E-state index in [9.17, 15) is 4.79 Å². The molecule has 1 N–H and O–H groups in total. The van der Waals surface area contributed by atoms with E-state index in [0.29, 0.717) is 23.6 Å².